The van der Waals surface area contributed by atoms with Crippen LogP contribution in [-0.4, -0.2) is 24.8 Å². The first-order valence-electron chi connectivity index (χ1n) is 14.1. The molecule has 0 heterocycles. The van der Waals surface area contributed by atoms with Gasteiger partial charge in [-0.05, 0) is 80.5 Å². The molecule has 0 aromatic heterocycles. The van der Waals surface area contributed by atoms with Gasteiger partial charge in [0, 0.05) is 30.6 Å². The van der Waals surface area contributed by atoms with Crippen molar-refractivity contribution in [3.8, 4) is 0 Å². The van der Waals surface area contributed by atoms with Gasteiger partial charge in [-0.2, -0.15) is 13.2 Å². The van der Waals surface area contributed by atoms with Crippen molar-refractivity contribution in [1.82, 2.24) is 15.4 Å². The minimum atomic E-state index is -4.76. The lowest BCUT2D eigenvalue weighted by Crippen LogP contribution is -2.36. The number of halogens is 3. The Labute approximate surface area is 254 Å². The van der Waals surface area contributed by atoms with Crippen LogP contribution in [0.4, 0.5) is 18.9 Å². The third-order valence-electron chi connectivity index (χ3n) is 7.34. The molecule has 0 saturated heterocycles. The topological polar surface area (TPSA) is 130 Å². The van der Waals surface area contributed by atoms with Crippen molar-refractivity contribution in [1.29, 1.82) is 0 Å². The van der Waals surface area contributed by atoms with Crippen LogP contribution in [-0.2, 0) is 34.0 Å². The van der Waals surface area contributed by atoms with Crippen LogP contribution in [0.3, 0.4) is 0 Å². The Morgan fingerprint density at radius 1 is 1.05 bits per heavy atom. The molecule has 0 spiro atoms. The number of alkyl halides is 3. The van der Waals surface area contributed by atoms with Crippen molar-refractivity contribution in [3.05, 3.63) is 105 Å². The van der Waals surface area contributed by atoms with Crippen LogP contribution in [0.5, 0.6) is 0 Å². The summed E-state index contributed by atoms with van der Waals surface area (Å²) in [5, 5.41) is 17.6. The molecule has 3 aromatic carbocycles. The summed E-state index contributed by atoms with van der Waals surface area (Å²) in [6, 6.07) is 12.8. The quantitative estimate of drug-likeness (QED) is 0.183. The molecule has 2 atom stereocenters. The standard InChI is InChI=1S/C31H35F3N4O5S/c1-30(2,3)35-19-20-10-15-26-22(16-20)6-4-9-27(26)36-29(39)18-28(21-11-13-24(14-12-21)38(40)41)37-44(42,43)25-8-5-7-23(17-25)31(32,33)34/h5,7-8,10-17,27-28,35,37H,4,6,9,18-19H2,1-3H3,(H,36,39)/t27-,28+/m1/s1. The predicted octanol–water partition coefficient (Wildman–Crippen LogP) is 6.11. The Hall–Kier alpha value is -3.81. The zero-order valence-corrected chi connectivity index (χ0v) is 25.4. The molecule has 0 saturated carbocycles. The third kappa shape index (κ3) is 8.64. The highest BCUT2D eigenvalue weighted by atomic mass is 32.2. The molecule has 44 heavy (non-hydrogen) atoms. The highest BCUT2D eigenvalue weighted by Gasteiger charge is 2.33. The number of aryl methyl sites for hydroxylation is 1. The van der Waals surface area contributed by atoms with Crippen molar-refractivity contribution < 1.29 is 31.3 Å². The van der Waals surface area contributed by atoms with Crippen LogP contribution >= 0.6 is 0 Å². The molecular weight excluding hydrogens is 597 g/mol. The number of amides is 1. The van der Waals surface area contributed by atoms with E-state index in [1.807, 2.05) is 12.1 Å². The van der Waals surface area contributed by atoms with E-state index in [-0.39, 0.29) is 22.8 Å². The molecule has 0 aliphatic heterocycles. The third-order valence-corrected chi connectivity index (χ3v) is 8.81. The Bertz CT molecular complexity index is 1620. The second-order valence-electron chi connectivity index (χ2n) is 11.9. The maximum absolute atomic E-state index is 13.4. The van der Waals surface area contributed by atoms with Gasteiger partial charge in [-0.25, -0.2) is 13.1 Å². The number of rotatable bonds is 10. The zero-order chi connectivity index (χ0) is 32.3. The van der Waals surface area contributed by atoms with Crippen molar-refractivity contribution in [2.75, 3.05) is 0 Å². The number of hydrogen-bond donors (Lipinski definition) is 3. The van der Waals surface area contributed by atoms with Crippen molar-refractivity contribution in [2.24, 2.45) is 0 Å². The van der Waals surface area contributed by atoms with E-state index in [0.717, 1.165) is 47.7 Å². The lowest BCUT2D eigenvalue weighted by molar-refractivity contribution is -0.384. The predicted molar refractivity (Wildman–Crippen MR) is 159 cm³/mol. The number of carbonyl (C=O) groups excluding carboxylic acids is 1. The molecule has 236 valence electrons. The molecule has 0 fully saturated rings. The molecule has 13 heteroatoms. The Morgan fingerprint density at radius 3 is 2.39 bits per heavy atom. The highest BCUT2D eigenvalue weighted by Crippen LogP contribution is 2.33. The lowest BCUT2D eigenvalue weighted by Gasteiger charge is -2.28. The van der Waals surface area contributed by atoms with Gasteiger partial charge in [-0.15, -0.1) is 0 Å². The Morgan fingerprint density at radius 2 is 1.75 bits per heavy atom. The van der Waals surface area contributed by atoms with Crippen LogP contribution < -0.4 is 15.4 Å². The summed E-state index contributed by atoms with van der Waals surface area (Å²) in [4.78, 5) is 23.3. The molecule has 1 amide bonds. The monoisotopic (exact) mass is 632 g/mol. The molecule has 1 aliphatic carbocycles. The molecule has 0 unspecified atom stereocenters. The van der Waals surface area contributed by atoms with Gasteiger partial charge in [0.05, 0.1) is 27.5 Å². The molecule has 1 aliphatic rings. The minimum absolute atomic E-state index is 0.0464. The molecule has 3 N–H and O–H groups in total. The maximum Gasteiger partial charge on any atom is 0.416 e. The van der Waals surface area contributed by atoms with Gasteiger partial charge < -0.3 is 10.6 Å². The summed E-state index contributed by atoms with van der Waals surface area (Å²) in [6.45, 7) is 6.94. The SMILES string of the molecule is CC(C)(C)NCc1ccc2c(c1)CCC[C@H]2NC(=O)C[C@H](NS(=O)(=O)c1cccc(C(F)(F)F)c1)c1ccc([N+](=O)[O-])cc1. The average molecular weight is 633 g/mol. The van der Waals surface area contributed by atoms with Gasteiger partial charge in [0.1, 0.15) is 0 Å². The van der Waals surface area contributed by atoms with Gasteiger partial charge in [-0.3, -0.25) is 14.9 Å². The van der Waals surface area contributed by atoms with Crippen molar-refractivity contribution in [3.63, 3.8) is 0 Å². The fourth-order valence-corrected chi connectivity index (χ4v) is 6.35. The van der Waals surface area contributed by atoms with Crippen molar-refractivity contribution >= 4 is 21.6 Å². The van der Waals surface area contributed by atoms with Gasteiger partial charge in [0.2, 0.25) is 15.9 Å². The molecule has 3 aromatic rings. The second-order valence-corrected chi connectivity index (χ2v) is 13.6. The lowest BCUT2D eigenvalue weighted by atomic mass is 9.86. The smallest absolute Gasteiger partial charge is 0.349 e. The van der Waals surface area contributed by atoms with E-state index in [0.29, 0.717) is 19.0 Å². The number of carbonyl (C=O) groups is 1. The summed E-state index contributed by atoms with van der Waals surface area (Å²) < 4.78 is 68.6. The number of sulfonamides is 1. The Balaban J connectivity index is 1.56. The Kier molecular flexibility index (Phi) is 9.81. The summed E-state index contributed by atoms with van der Waals surface area (Å²) >= 11 is 0. The summed E-state index contributed by atoms with van der Waals surface area (Å²) in [5.41, 5.74) is 2.02. The van der Waals surface area contributed by atoms with Gasteiger partial charge in [-0.1, -0.05) is 36.4 Å². The second kappa shape index (κ2) is 13.0. The summed E-state index contributed by atoms with van der Waals surface area (Å²) in [7, 11) is -4.53. The molecule has 0 bridgehead atoms. The van der Waals surface area contributed by atoms with Gasteiger partial charge >= 0.3 is 6.18 Å². The number of hydrogen-bond acceptors (Lipinski definition) is 6. The zero-order valence-electron chi connectivity index (χ0n) is 24.6. The number of nitrogens with one attached hydrogen (secondary N) is 3. The molecular formula is C31H35F3N4O5S. The maximum atomic E-state index is 13.4. The summed E-state index contributed by atoms with van der Waals surface area (Å²) in [5.74, 6) is -0.489. The van der Waals surface area contributed by atoms with E-state index in [9.17, 15) is 36.5 Å². The van der Waals surface area contributed by atoms with Crippen LogP contribution in [0.15, 0.2) is 71.6 Å². The number of fused-ring (bicyclic) bond motifs is 1. The van der Waals surface area contributed by atoms with E-state index >= 15 is 0 Å². The largest absolute Gasteiger partial charge is 0.416 e. The number of nitro benzene ring substituents is 1. The van der Waals surface area contributed by atoms with Crippen LogP contribution in [0, 0.1) is 10.1 Å². The minimum Gasteiger partial charge on any atom is -0.349 e. The van der Waals surface area contributed by atoms with E-state index in [1.54, 1.807) is 0 Å². The van der Waals surface area contributed by atoms with Crippen LogP contribution in [0.2, 0.25) is 0 Å². The first-order chi connectivity index (χ1) is 20.5. The molecule has 9 nitrogen and oxygen atoms in total. The number of non-ortho nitro benzene ring substituents is 1. The first-order valence-corrected chi connectivity index (χ1v) is 15.6. The van der Waals surface area contributed by atoms with Gasteiger partial charge in [0.15, 0.2) is 0 Å². The van der Waals surface area contributed by atoms with E-state index < -0.39 is 50.0 Å². The number of nitrogens with zero attached hydrogens (tertiary/aromatic N) is 1. The van der Waals surface area contributed by atoms with E-state index in [2.05, 4.69) is 42.2 Å². The van der Waals surface area contributed by atoms with Gasteiger partial charge in [0.25, 0.3) is 5.69 Å². The number of benzene rings is 3. The molecule has 0 radical (unpaired) electrons. The van der Waals surface area contributed by atoms with Crippen LogP contribution in [0.25, 0.3) is 0 Å². The van der Waals surface area contributed by atoms with E-state index in [1.165, 1.54) is 24.3 Å². The molecule has 4 rings (SSSR count). The van der Waals surface area contributed by atoms with Crippen molar-refractivity contribution in [2.45, 2.75) is 81.7 Å². The fraction of sp³-hybridized carbons (Fsp3) is 0.387. The number of nitro groups is 1. The van der Waals surface area contributed by atoms with E-state index in [4.69, 9.17) is 0 Å². The first kappa shape index (κ1) is 33.1. The summed E-state index contributed by atoms with van der Waals surface area (Å²) in [6.07, 6.45) is -2.79. The average Bonchev–Trinajstić information content (AvgIpc) is 2.95. The fourth-order valence-electron chi connectivity index (χ4n) is 5.08. The van der Waals surface area contributed by atoms with Crippen LogP contribution in [0.1, 0.15) is 79.9 Å². The normalized spacial score (nSPS) is 16.2. The highest BCUT2D eigenvalue weighted by molar-refractivity contribution is 7.89.